The summed E-state index contributed by atoms with van der Waals surface area (Å²) in [6.07, 6.45) is 4.90. The van der Waals surface area contributed by atoms with Crippen LogP contribution in [0.3, 0.4) is 0 Å². The minimum absolute atomic E-state index is 0.0427. The van der Waals surface area contributed by atoms with Crippen molar-refractivity contribution in [2.45, 2.75) is 50.9 Å². The van der Waals surface area contributed by atoms with Crippen LogP contribution in [0.1, 0.15) is 59.9 Å². The summed E-state index contributed by atoms with van der Waals surface area (Å²) in [6.45, 7) is 2.11. The van der Waals surface area contributed by atoms with Crippen molar-refractivity contribution < 1.29 is 14.3 Å². The summed E-state index contributed by atoms with van der Waals surface area (Å²) in [5.41, 5.74) is 5.64. The number of ether oxygens (including phenoxy) is 2. The fourth-order valence-corrected chi connectivity index (χ4v) is 4.65. The zero-order chi connectivity index (χ0) is 20.8. The normalized spacial score (nSPS) is 17.9. The van der Waals surface area contributed by atoms with Gasteiger partial charge in [-0.15, -0.1) is 0 Å². The molecule has 2 aromatic heterocycles. The van der Waals surface area contributed by atoms with Crippen molar-refractivity contribution in [1.82, 2.24) is 14.8 Å². The smallest absolute Gasteiger partial charge is 0.215 e. The molecule has 6 nitrogen and oxygen atoms in total. The number of benzene rings is 1. The van der Waals surface area contributed by atoms with E-state index in [1.807, 2.05) is 23.9 Å². The number of fused-ring (bicyclic) bond motifs is 2. The number of nitrogens with zero attached hydrogens (tertiary/aromatic N) is 3. The van der Waals surface area contributed by atoms with Gasteiger partial charge in [-0.05, 0) is 67.3 Å². The van der Waals surface area contributed by atoms with Crippen molar-refractivity contribution in [3.05, 3.63) is 46.6 Å². The van der Waals surface area contributed by atoms with Gasteiger partial charge < -0.3 is 9.47 Å². The van der Waals surface area contributed by atoms with E-state index in [4.69, 9.17) is 9.47 Å². The van der Waals surface area contributed by atoms with Crippen molar-refractivity contribution >= 4 is 16.8 Å². The number of hydrogen-bond donors (Lipinski definition) is 0. The van der Waals surface area contributed by atoms with E-state index in [-0.39, 0.29) is 18.3 Å². The average Bonchev–Trinajstić information content (AvgIpc) is 3.44. The molecule has 1 unspecified atom stereocenters. The molecule has 2 aliphatic rings. The van der Waals surface area contributed by atoms with Gasteiger partial charge in [0.1, 0.15) is 12.4 Å². The molecule has 1 atom stereocenters. The highest BCUT2D eigenvalue weighted by Gasteiger charge is 2.30. The molecule has 5 rings (SSSR count). The van der Waals surface area contributed by atoms with Crippen molar-refractivity contribution in [3.63, 3.8) is 0 Å². The Morgan fingerprint density at radius 3 is 2.83 bits per heavy atom. The molecule has 0 saturated heterocycles. The molecule has 0 aliphatic heterocycles. The molecule has 0 amide bonds. The van der Waals surface area contributed by atoms with Gasteiger partial charge in [0.25, 0.3) is 0 Å². The second-order valence-corrected chi connectivity index (χ2v) is 8.59. The molecule has 1 fully saturated rings. The first-order valence-electron chi connectivity index (χ1n) is 10.7. The van der Waals surface area contributed by atoms with Gasteiger partial charge in [0.15, 0.2) is 11.4 Å². The first-order valence-corrected chi connectivity index (χ1v) is 10.7. The summed E-state index contributed by atoms with van der Waals surface area (Å²) in [5, 5.41) is 5.81. The van der Waals surface area contributed by atoms with Crippen LogP contribution in [0.5, 0.6) is 11.6 Å². The first-order chi connectivity index (χ1) is 14.5. The zero-order valence-corrected chi connectivity index (χ0v) is 17.8. The van der Waals surface area contributed by atoms with Crippen LogP contribution < -0.4 is 9.47 Å². The molecule has 3 aromatic rings. The maximum atomic E-state index is 12.7. The molecule has 1 saturated carbocycles. The van der Waals surface area contributed by atoms with Gasteiger partial charge in [-0.1, -0.05) is 6.07 Å². The number of aryl methyl sites for hydroxylation is 3. The van der Waals surface area contributed by atoms with Crippen LogP contribution >= 0.6 is 0 Å². The van der Waals surface area contributed by atoms with E-state index in [1.54, 1.807) is 7.11 Å². The number of methoxy groups -OCH3 is 1. The Balaban J connectivity index is 1.27. The maximum Gasteiger partial charge on any atom is 0.215 e. The molecule has 30 heavy (non-hydrogen) atoms. The monoisotopic (exact) mass is 405 g/mol. The largest absolute Gasteiger partial charge is 0.497 e. The number of rotatable bonds is 7. The van der Waals surface area contributed by atoms with Crippen LogP contribution in [-0.2, 0) is 18.3 Å². The Bertz CT molecular complexity index is 1130. The molecule has 2 heterocycles. The highest BCUT2D eigenvalue weighted by atomic mass is 16.5. The minimum Gasteiger partial charge on any atom is -0.497 e. The van der Waals surface area contributed by atoms with Crippen molar-refractivity contribution in [2.75, 3.05) is 13.7 Å². The lowest BCUT2D eigenvalue weighted by atomic mass is 9.95. The van der Waals surface area contributed by atoms with E-state index in [1.165, 1.54) is 24.0 Å². The van der Waals surface area contributed by atoms with Gasteiger partial charge in [0, 0.05) is 30.8 Å². The van der Waals surface area contributed by atoms with E-state index in [9.17, 15) is 4.79 Å². The molecule has 0 spiro atoms. The lowest BCUT2D eigenvalue weighted by Gasteiger charge is -2.12. The molecule has 6 heteroatoms. The second-order valence-electron chi connectivity index (χ2n) is 8.59. The lowest BCUT2D eigenvalue weighted by Crippen LogP contribution is -2.15. The van der Waals surface area contributed by atoms with Crippen LogP contribution in [0, 0.1) is 6.92 Å². The summed E-state index contributed by atoms with van der Waals surface area (Å²) >= 11 is 0. The lowest BCUT2D eigenvalue weighted by molar-refractivity contribution is -0.121. The van der Waals surface area contributed by atoms with E-state index in [2.05, 4.69) is 29.1 Å². The minimum atomic E-state index is 0.0427. The highest BCUT2D eigenvalue weighted by Crippen LogP contribution is 2.43. The second kappa shape index (κ2) is 7.42. The zero-order valence-electron chi connectivity index (χ0n) is 17.8. The molecular formula is C24H27N3O3. The summed E-state index contributed by atoms with van der Waals surface area (Å²) in [4.78, 5) is 17.3. The number of ketones is 1. The molecule has 0 radical (unpaired) electrons. The Labute approximate surface area is 176 Å². The maximum absolute atomic E-state index is 12.7. The van der Waals surface area contributed by atoms with Gasteiger partial charge in [0.2, 0.25) is 5.88 Å². The quantitative estimate of drug-likeness (QED) is 0.588. The molecule has 1 aromatic carbocycles. The summed E-state index contributed by atoms with van der Waals surface area (Å²) in [7, 11) is 3.59. The Kier molecular flexibility index (Phi) is 4.72. The molecule has 0 bridgehead atoms. The number of aromatic nitrogens is 3. The topological polar surface area (TPSA) is 66.2 Å². The third-order valence-corrected chi connectivity index (χ3v) is 6.37. The Morgan fingerprint density at radius 2 is 2.07 bits per heavy atom. The van der Waals surface area contributed by atoms with Gasteiger partial charge >= 0.3 is 0 Å². The first kappa shape index (κ1) is 19.1. The number of hydrogen-bond acceptors (Lipinski definition) is 5. The van der Waals surface area contributed by atoms with E-state index in [0.29, 0.717) is 18.2 Å². The number of carbonyl (C=O) groups is 1. The standard InChI is InChI=1S/C24H27N3O3/c1-14-10-21(25-24-22(14)23(16-5-6-16)26-27(24)2)30-13-18(28)11-17-7-4-15-8-9-19(29-3)12-20(15)17/h8-10,12,16-17H,4-7,11,13H2,1-3H3. The van der Waals surface area contributed by atoms with Crippen LogP contribution in [-0.4, -0.2) is 34.3 Å². The number of carbonyl (C=O) groups excluding carboxylic acids is 1. The van der Waals surface area contributed by atoms with E-state index < -0.39 is 0 Å². The SMILES string of the molecule is COc1ccc2c(c1)C(CC(=O)COc1cc(C)c3c(C4CC4)nn(C)c3n1)CC2. The predicted molar refractivity (Wildman–Crippen MR) is 114 cm³/mol. The van der Waals surface area contributed by atoms with Crippen molar-refractivity contribution in [3.8, 4) is 11.6 Å². The van der Waals surface area contributed by atoms with Crippen LogP contribution in [0.25, 0.3) is 11.0 Å². The molecule has 156 valence electrons. The Hall–Kier alpha value is -2.89. The van der Waals surface area contributed by atoms with Crippen LogP contribution in [0.4, 0.5) is 0 Å². The third kappa shape index (κ3) is 3.44. The summed E-state index contributed by atoms with van der Waals surface area (Å²) in [5.74, 6) is 2.24. The fraction of sp³-hybridized carbons (Fsp3) is 0.458. The predicted octanol–water partition coefficient (Wildman–Crippen LogP) is 4.23. The van der Waals surface area contributed by atoms with Crippen molar-refractivity contribution in [2.24, 2.45) is 7.05 Å². The Morgan fingerprint density at radius 1 is 1.23 bits per heavy atom. The number of Topliss-reactive ketones (excluding diaryl/α,β-unsaturated/α-hetero) is 1. The van der Waals surface area contributed by atoms with E-state index in [0.717, 1.165) is 40.9 Å². The molecule has 2 aliphatic carbocycles. The summed E-state index contributed by atoms with van der Waals surface area (Å²) in [6, 6.07) is 8.10. The third-order valence-electron chi connectivity index (χ3n) is 6.37. The van der Waals surface area contributed by atoms with Gasteiger partial charge in [0.05, 0.1) is 12.8 Å². The molecule has 0 N–H and O–H groups in total. The van der Waals surface area contributed by atoms with Gasteiger partial charge in [-0.25, -0.2) is 0 Å². The van der Waals surface area contributed by atoms with Gasteiger partial charge in [-0.3, -0.25) is 9.48 Å². The average molecular weight is 405 g/mol. The highest BCUT2D eigenvalue weighted by molar-refractivity contribution is 5.84. The van der Waals surface area contributed by atoms with E-state index >= 15 is 0 Å². The molecular weight excluding hydrogens is 378 g/mol. The van der Waals surface area contributed by atoms with Gasteiger partial charge in [-0.2, -0.15) is 10.1 Å². The van der Waals surface area contributed by atoms with Crippen molar-refractivity contribution in [1.29, 1.82) is 0 Å². The van der Waals surface area contributed by atoms with Crippen LogP contribution in [0.2, 0.25) is 0 Å². The summed E-state index contributed by atoms with van der Waals surface area (Å²) < 4.78 is 13.0. The van der Waals surface area contributed by atoms with Crippen LogP contribution in [0.15, 0.2) is 24.3 Å². The number of pyridine rings is 1. The fourth-order valence-electron chi connectivity index (χ4n) is 4.65.